The molecule has 0 aliphatic heterocycles. The Bertz CT molecular complexity index is 246. The molecule has 1 unspecified atom stereocenters. The lowest BCUT2D eigenvalue weighted by Gasteiger charge is -2.00. The third-order valence-corrected chi connectivity index (χ3v) is 1.83. The van der Waals surface area contributed by atoms with Crippen LogP contribution in [0, 0.1) is 6.92 Å². The lowest BCUT2D eigenvalue weighted by molar-refractivity contribution is 0.180. The molecule has 13 heavy (non-hydrogen) atoms. The zero-order chi connectivity index (χ0) is 9.68. The number of rotatable bonds is 5. The van der Waals surface area contributed by atoms with E-state index in [9.17, 15) is 0 Å². The van der Waals surface area contributed by atoms with E-state index in [2.05, 4.69) is 10.1 Å². The van der Waals surface area contributed by atoms with Gasteiger partial charge in [0.2, 0.25) is 5.89 Å². The van der Waals surface area contributed by atoms with Gasteiger partial charge in [-0.2, -0.15) is 4.98 Å². The average Bonchev–Trinajstić information content (AvgIpc) is 2.45. The molecule has 0 aromatic carbocycles. The Morgan fingerprint density at radius 1 is 1.46 bits per heavy atom. The standard InChI is InChI=1S/C9H16N2O2/c1-7(12)5-3-4-6-9-10-8(2)11-13-9/h7,12H,3-6H2,1-2H3. The van der Waals surface area contributed by atoms with E-state index < -0.39 is 0 Å². The molecule has 0 fully saturated rings. The number of hydrogen-bond donors (Lipinski definition) is 1. The average molecular weight is 184 g/mol. The SMILES string of the molecule is Cc1noc(CCCCC(C)O)n1. The van der Waals surface area contributed by atoms with Gasteiger partial charge in [-0.1, -0.05) is 11.6 Å². The highest BCUT2D eigenvalue weighted by Crippen LogP contribution is 2.05. The molecule has 0 aliphatic carbocycles. The molecule has 1 aromatic heterocycles. The molecule has 0 saturated carbocycles. The summed E-state index contributed by atoms with van der Waals surface area (Å²) in [5.74, 6) is 1.38. The summed E-state index contributed by atoms with van der Waals surface area (Å²) in [6.45, 7) is 3.61. The fourth-order valence-electron chi connectivity index (χ4n) is 1.16. The van der Waals surface area contributed by atoms with Crippen molar-refractivity contribution in [2.75, 3.05) is 0 Å². The number of aromatic nitrogens is 2. The fraction of sp³-hybridized carbons (Fsp3) is 0.778. The van der Waals surface area contributed by atoms with Crippen molar-refractivity contribution >= 4 is 0 Å². The van der Waals surface area contributed by atoms with Crippen molar-refractivity contribution in [3.8, 4) is 0 Å². The number of aliphatic hydroxyl groups is 1. The minimum Gasteiger partial charge on any atom is -0.393 e. The zero-order valence-electron chi connectivity index (χ0n) is 8.16. The number of unbranched alkanes of at least 4 members (excludes halogenated alkanes) is 1. The van der Waals surface area contributed by atoms with E-state index >= 15 is 0 Å². The van der Waals surface area contributed by atoms with Crippen molar-refractivity contribution in [2.45, 2.75) is 45.6 Å². The molecule has 0 spiro atoms. The predicted molar refractivity (Wildman–Crippen MR) is 48.3 cm³/mol. The van der Waals surface area contributed by atoms with Gasteiger partial charge < -0.3 is 9.63 Å². The van der Waals surface area contributed by atoms with Crippen LogP contribution in [-0.4, -0.2) is 21.4 Å². The molecule has 0 saturated heterocycles. The summed E-state index contributed by atoms with van der Waals surface area (Å²) in [4.78, 5) is 4.09. The molecule has 4 heteroatoms. The van der Waals surface area contributed by atoms with Gasteiger partial charge in [-0.25, -0.2) is 0 Å². The summed E-state index contributed by atoms with van der Waals surface area (Å²) in [5.41, 5.74) is 0. The summed E-state index contributed by atoms with van der Waals surface area (Å²) >= 11 is 0. The van der Waals surface area contributed by atoms with Gasteiger partial charge in [0.25, 0.3) is 0 Å². The predicted octanol–water partition coefficient (Wildman–Crippen LogP) is 1.47. The van der Waals surface area contributed by atoms with Crippen LogP contribution < -0.4 is 0 Å². The Hall–Kier alpha value is -0.900. The van der Waals surface area contributed by atoms with Crippen LogP contribution in [0.5, 0.6) is 0 Å². The topological polar surface area (TPSA) is 59.2 Å². The van der Waals surface area contributed by atoms with E-state index in [1.54, 1.807) is 6.92 Å². The van der Waals surface area contributed by atoms with Crippen molar-refractivity contribution in [1.82, 2.24) is 10.1 Å². The number of hydrogen-bond acceptors (Lipinski definition) is 4. The highest BCUT2D eigenvalue weighted by molar-refractivity contribution is 4.82. The van der Waals surface area contributed by atoms with Crippen LogP contribution in [0.2, 0.25) is 0 Å². The molecule has 4 nitrogen and oxygen atoms in total. The van der Waals surface area contributed by atoms with Crippen LogP contribution in [0.4, 0.5) is 0 Å². The second-order valence-corrected chi connectivity index (χ2v) is 3.33. The summed E-state index contributed by atoms with van der Waals surface area (Å²) < 4.78 is 4.95. The number of aliphatic hydroxyl groups excluding tert-OH is 1. The van der Waals surface area contributed by atoms with Crippen molar-refractivity contribution in [1.29, 1.82) is 0 Å². The molecule has 1 N–H and O–H groups in total. The zero-order valence-corrected chi connectivity index (χ0v) is 8.16. The molecule has 1 heterocycles. The lowest BCUT2D eigenvalue weighted by Crippen LogP contribution is -1.99. The Balaban J connectivity index is 2.13. The van der Waals surface area contributed by atoms with E-state index in [4.69, 9.17) is 9.63 Å². The summed E-state index contributed by atoms with van der Waals surface area (Å²) in [6.07, 6.45) is 3.44. The van der Waals surface area contributed by atoms with Crippen molar-refractivity contribution < 1.29 is 9.63 Å². The van der Waals surface area contributed by atoms with Crippen molar-refractivity contribution in [3.63, 3.8) is 0 Å². The van der Waals surface area contributed by atoms with Crippen LogP contribution >= 0.6 is 0 Å². The van der Waals surface area contributed by atoms with E-state index in [0.717, 1.165) is 25.7 Å². The van der Waals surface area contributed by atoms with Crippen molar-refractivity contribution in [3.05, 3.63) is 11.7 Å². The van der Waals surface area contributed by atoms with Crippen LogP contribution in [0.1, 0.15) is 37.9 Å². The Morgan fingerprint density at radius 3 is 2.77 bits per heavy atom. The molecule has 0 bridgehead atoms. The highest BCUT2D eigenvalue weighted by Gasteiger charge is 2.02. The van der Waals surface area contributed by atoms with Gasteiger partial charge in [-0.15, -0.1) is 0 Å². The van der Waals surface area contributed by atoms with Crippen LogP contribution in [0.25, 0.3) is 0 Å². The van der Waals surface area contributed by atoms with Gasteiger partial charge in [0, 0.05) is 6.42 Å². The summed E-state index contributed by atoms with van der Waals surface area (Å²) in [7, 11) is 0. The molecular formula is C9H16N2O2. The second-order valence-electron chi connectivity index (χ2n) is 3.33. The summed E-state index contributed by atoms with van der Waals surface area (Å²) in [6, 6.07) is 0. The third-order valence-electron chi connectivity index (χ3n) is 1.83. The monoisotopic (exact) mass is 184 g/mol. The minimum absolute atomic E-state index is 0.204. The highest BCUT2D eigenvalue weighted by atomic mass is 16.5. The molecule has 0 aliphatic rings. The number of nitrogens with zero attached hydrogens (tertiary/aromatic N) is 2. The molecule has 74 valence electrons. The molecule has 0 amide bonds. The van der Waals surface area contributed by atoms with E-state index in [1.165, 1.54) is 0 Å². The first-order valence-corrected chi connectivity index (χ1v) is 4.65. The van der Waals surface area contributed by atoms with Gasteiger partial charge in [0.15, 0.2) is 5.82 Å². The van der Waals surface area contributed by atoms with Gasteiger partial charge in [-0.3, -0.25) is 0 Å². The first-order chi connectivity index (χ1) is 6.18. The molecular weight excluding hydrogens is 168 g/mol. The Labute approximate surface area is 78.0 Å². The molecule has 1 aromatic rings. The maximum atomic E-state index is 9.00. The van der Waals surface area contributed by atoms with Crippen molar-refractivity contribution in [2.24, 2.45) is 0 Å². The van der Waals surface area contributed by atoms with Gasteiger partial charge in [0.05, 0.1) is 6.10 Å². The lowest BCUT2D eigenvalue weighted by atomic mass is 10.1. The third kappa shape index (κ3) is 4.03. The Kier molecular flexibility index (Phi) is 3.89. The minimum atomic E-state index is -0.204. The fourth-order valence-corrected chi connectivity index (χ4v) is 1.16. The second kappa shape index (κ2) is 4.97. The largest absolute Gasteiger partial charge is 0.393 e. The first-order valence-electron chi connectivity index (χ1n) is 4.65. The molecule has 1 atom stereocenters. The molecule has 0 radical (unpaired) electrons. The first kappa shape index (κ1) is 10.2. The van der Waals surface area contributed by atoms with E-state index in [0.29, 0.717) is 11.7 Å². The maximum Gasteiger partial charge on any atom is 0.226 e. The van der Waals surface area contributed by atoms with Gasteiger partial charge in [0.1, 0.15) is 0 Å². The van der Waals surface area contributed by atoms with Crippen LogP contribution in [0.3, 0.4) is 0 Å². The number of aryl methyl sites for hydroxylation is 2. The normalized spacial score (nSPS) is 13.2. The van der Waals surface area contributed by atoms with Gasteiger partial charge >= 0.3 is 0 Å². The van der Waals surface area contributed by atoms with E-state index in [1.807, 2.05) is 6.92 Å². The maximum absolute atomic E-state index is 9.00. The smallest absolute Gasteiger partial charge is 0.226 e. The quantitative estimate of drug-likeness (QED) is 0.704. The van der Waals surface area contributed by atoms with E-state index in [-0.39, 0.29) is 6.10 Å². The van der Waals surface area contributed by atoms with Crippen LogP contribution in [-0.2, 0) is 6.42 Å². The molecule has 1 rings (SSSR count). The van der Waals surface area contributed by atoms with Gasteiger partial charge in [-0.05, 0) is 26.7 Å². The Morgan fingerprint density at radius 2 is 2.23 bits per heavy atom. The van der Waals surface area contributed by atoms with Crippen LogP contribution in [0.15, 0.2) is 4.52 Å². The summed E-state index contributed by atoms with van der Waals surface area (Å²) in [5, 5.41) is 12.7.